The summed E-state index contributed by atoms with van der Waals surface area (Å²) in [5, 5.41) is 2.89. The van der Waals surface area contributed by atoms with E-state index in [1.165, 1.54) is 12.1 Å². The normalized spacial score (nSPS) is 19.4. The Morgan fingerprint density at radius 1 is 1.45 bits per heavy atom. The first-order valence-electron chi connectivity index (χ1n) is 6.35. The van der Waals surface area contributed by atoms with Crippen molar-refractivity contribution in [1.82, 2.24) is 5.32 Å². The van der Waals surface area contributed by atoms with Gasteiger partial charge in [-0.25, -0.2) is 13.8 Å². The predicted octanol–water partition coefficient (Wildman–Crippen LogP) is 2.31. The van der Waals surface area contributed by atoms with Crippen LogP contribution in [-0.2, 0) is 11.3 Å². The van der Waals surface area contributed by atoms with Crippen LogP contribution >= 0.6 is 15.9 Å². The van der Waals surface area contributed by atoms with E-state index in [0.29, 0.717) is 11.0 Å². The number of halogens is 3. The summed E-state index contributed by atoms with van der Waals surface area (Å²) in [6.45, 7) is 1.18. The lowest BCUT2D eigenvalue weighted by atomic mass is 10.2. The first-order chi connectivity index (χ1) is 9.56. The van der Waals surface area contributed by atoms with Gasteiger partial charge in [-0.1, -0.05) is 15.9 Å². The Morgan fingerprint density at radius 3 is 2.75 bits per heavy atom. The molecule has 0 saturated carbocycles. The second-order valence-electron chi connectivity index (χ2n) is 4.57. The molecule has 0 radical (unpaired) electrons. The van der Waals surface area contributed by atoms with E-state index >= 15 is 0 Å². The predicted molar refractivity (Wildman–Crippen MR) is 76.4 cm³/mol. The molecule has 20 heavy (non-hydrogen) atoms. The number of rotatable bonds is 4. The van der Waals surface area contributed by atoms with Gasteiger partial charge in [0.15, 0.2) is 5.96 Å². The van der Waals surface area contributed by atoms with Gasteiger partial charge >= 0.3 is 0 Å². The number of ether oxygens (including phenoxy) is 1. The molecule has 1 heterocycles. The smallest absolute Gasteiger partial charge is 0.189 e. The molecule has 1 aromatic rings. The SMILES string of the molecule is NC(=NCc1c(F)cc(Br)cc1F)NCC1CCCO1. The summed E-state index contributed by atoms with van der Waals surface area (Å²) < 4.78 is 32.9. The van der Waals surface area contributed by atoms with Crippen molar-refractivity contribution in [2.45, 2.75) is 25.5 Å². The summed E-state index contributed by atoms with van der Waals surface area (Å²) in [5.41, 5.74) is 5.56. The van der Waals surface area contributed by atoms with Crippen LogP contribution in [0.25, 0.3) is 0 Å². The maximum atomic E-state index is 13.6. The number of nitrogens with zero attached hydrogens (tertiary/aromatic N) is 1. The summed E-state index contributed by atoms with van der Waals surface area (Å²) in [5.74, 6) is -1.14. The molecule has 7 heteroatoms. The Kier molecular flexibility index (Phi) is 5.31. The lowest BCUT2D eigenvalue weighted by molar-refractivity contribution is 0.114. The molecule has 0 aliphatic carbocycles. The molecule has 0 aromatic heterocycles. The van der Waals surface area contributed by atoms with Gasteiger partial charge in [0.05, 0.1) is 12.6 Å². The van der Waals surface area contributed by atoms with Crippen LogP contribution in [-0.4, -0.2) is 25.2 Å². The van der Waals surface area contributed by atoms with Crippen molar-refractivity contribution in [1.29, 1.82) is 0 Å². The van der Waals surface area contributed by atoms with Crippen LogP contribution in [0.3, 0.4) is 0 Å². The van der Waals surface area contributed by atoms with Gasteiger partial charge in [0.1, 0.15) is 11.6 Å². The zero-order valence-electron chi connectivity index (χ0n) is 10.8. The van der Waals surface area contributed by atoms with Gasteiger partial charge in [-0.05, 0) is 25.0 Å². The van der Waals surface area contributed by atoms with Gasteiger partial charge in [0.2, 0.25) is 0 Å². The van der Waals surface area contributed by atoms with Crippen molar-refractivity contribution < 1.29 is 13.5 Å². The monoisotopic (exact) mass is 347 g/mol. The number of hydrogen-bond acceptors (Lipinski definition) is 2. The van der Waals surface area contributed by atoms with Crippen molar-refractivity contribution in [2.24, 2.45) is 10.7 Å². The number of nitrogens with two attached hydrogens (primary N) is 1. The van der Waals surface area contributed by atoms with Crippen LogP contribution in [0.5, 0.6) is 0 Å². The van der Waals surface area contributed by atoms with Crippen LogP contribution in [0.2, 0.25) is 0 Å². The van der Waals surface area contributed by atoms with E-state index in [0.717, 1.165) is 19.4 Å². The maximum absolute atomic E-state index is 13.6. The highest BCUT2D eigenvalue weighted by Crippen LogP contribution is 2.20. The van der Waals surface area contributed by atoms with E-state index < -0.39 is 11.6 Å². The Hall–Kier alpha value is -1.21. The van der Waals surface area contributed by atoms with E-state index in [1.807, 2.05) is 0 Å². The molecule has 1 aliphatic rings. The molecule has 0 amide bonds. The summed E-state index contributed by atoms with van der Waals surface area (Å²) >= 11 is 3.02. The van der Waals surface area contributed by atoms with E-state index in [1.54, 1.807) is 0 Å². The zero-order valence-corrected chi connectivity index (χ0v) is 12.4. The third kappa shape index (κ3) is 4.14. The Bertz CT molecular complexity index is 481. The van der Waals surface area contributed by atoms with Crippen molar-refractivity contribution >= 4 is 21.9 Å². The van der Waals surface area contributed by atoms with Crippen molar-refractivity contribution in [3.8, 4) is 0 Å². The maximum Gasteiger partial charge on any atom is 0.189 e. The number of hydrogen-bond donors (Lipinski definition) is 2. The lowest BCUT2D eigenvalue weighted by Gasteiger charge is -2.11. The highest BCUT2D eigenvalue weighted by atomic mass is 79.9. The molecular weight excluding hydrogens is 332 g/mol. The molecule has 0 bridgehead atoms. The summed E-state index contributed by atoms with van der Waals surface area (Å²) in [6.07, 6.45) is 2.15. The largest absolute Gasteiger partial charge is 0.376 e. The van der Waals surface area contributed by atoms with Gasteiger partial charge in [-0.3, -0.25) is 0 Å². The fourth-order valence-corrected chi connectivity index (χ4v) is 2.37. The average Bonchev–Trinajstić information content (AvgIpc) is 2.88. The second-order valence-corrected chi connectivity index (χ2v) is 5.48. The Labute approximate surface area is 124 Å². The minimum absolute atomic E-state index is 0.102. The topological polar surface area (TPSA) is 59.6 Å². The number of benzene rings is 1. The molecule has 0 spiro atoms. The fourth-order valence-electron chi connectivity index (χ4n) is 1.97. The fraction of sp³-hybridized carbons (Fsp3) is 0.462. The van der Waals surface area contributed by atoms with Gasteiger partial charge in [-0.2, -0.15) is 0 Å². The highest BCUT2D eigenvalue weighted by molar-refractivity contribution is 9.10. The molecule has 1 fully saturated rings. The van der Waals surface area contributed by atoms with Gasteiger partial charge in [-0.15, -0.1) is 0 Å². The molecule has 1 atom stereocenters. The molecule has 3 N–H and O–H groups in total. The molecule has 1 saturated heterocycles. The molecule has 4 nitrogen and oxygen atoms in total. The average molecular weight is 348 g/mol. The first kappa shape index (κ1) is 15.2. The van der Waals surface area contributed by atoms with Crippen LogP contribution in [0.4, 0.5) is 8.78 Å². The van der Waals surface area contributed by atoms with Crippen LogP contribution in [0.1, 0.15) is 18.4 Å². The minimum atomic E-state index is -0.646. The Balaban J connectivity index is 1.91. The summed E-state index contributed by atoms with van der Waals surface area (Å²) in [7, 11) is 0. The number of aliphatic imine (C=N–C) groups is 1. The first-order valence-corrected chi connectivity index (χ1v) is 7.14. The van der Waals surface area contributed by atoms with Gasteiger partial charge < -0.3 is 15.8 Å². The molecule has 2 rings (SSSR count). The zero-order chi connectivity index (χ0) is 14.5. The quantitative estimate of drug-likeness (QED) is 0.649. The Morgan fingerprint density at radius 2 is 2.15 bits per heavy atom. The third-order valence-corrected chi connectivity index (χ3v) is 3.51. The standard InChI is InChI=1S/C13H16BrF2N3O/c14-8-4-11(15)10(12(16)5-8)7-19-13(17)18-6-9-2-1-3-20-9/h4-5,9H,1-3,6-7H2,(H3,17,18,19). The summed E-state index contributed by atoms with van der Waals surface area (Å²) in [4.78, 5) is 3.94. The van der Waals surface area contributed by atoms with E-state index in [4.69, 9.17) is 10.5 Å². The van der Waals surface area contributed by atoms with Crippen molar-refractivity contribution in [2.75, 3.05) is 13.2 Å². The van der Waals surface area contributed by atoms with Crippen LogP contribution < -0.4 is 11.1 Å². The van der Waals surface area contributed by atoms with E-state index in [2.05, 4.69) is 26.2 Å². The van der Waals surface area contributed by atoms with E-state index in [9.17, 15) is 8.78 Å². The molecular formula is C13H16BrF2N3O. The molecule has 1 aliphatic heterocycles. The lowest BCUT2D eigenvalue weighted by Crippen LogP contribution is -2.37. The highest BCUT2D eigenvalue weighted by Gasteiger charge is 2.15. The van der Waals surface area contributed by atoms with E-state index in [-0.39, 0.29) is 24.2 Å². The third-order valence-electron chi connectivity index (χ3n) is 3.05. The second kappa shape index (κ2) is 6.99. The molecule has 110 valence electrons. The van der Waals surface area contributed by atoms with Crippen molar-refractivity contribution in [3.05, 3.63) is 33.8 Å². The van der Waals surface area contributed by atoms with Crippen LogP contribution in [0, 0.1) is 11.6 Å². The number of nitrogens with one attached hydrogen (secondary N) is 1. The minimum Gasteiger partial charge on any atom is -0.376 e. The van der Waals surface area contributed by atoms with Crippen molar-refractivity contribution in [3.63, 3.8) is 0 Å². The van der Waals surface area contributed by atoms with Gasteiger partial charge in [0, 0.05) is 23.2 Å². The molecule has 1 unspecified atom stereocenters. The van der Waals surface area contributed by atoms with Crippen LogP contribution in [0.15, 0.2) is 21.6 Å². The number of guanidine groups is 1. The van der Waals surface area contributed by atoms with Gasteiger partial charge in [0.25, 0.3) is 0 Å². The summed E-state index contributed by atoms with van der Waals surface area (Å²) in [6, 6.07) is 2.40. The molecule has 1 aromatic carbocycles.